The zero-order valence-electron chi connectivity index (χ0n) is 15.2. The van der Waals surface area contributed by atoms with E-state index in [9.17, 15) is 23.1 Å². The number of likely N-dealkylation sites (tertiary alicyclic amines) is 1. The smallest absolute Gasteiger partial charge is 0.422 e. The lowest BCUT2D eigenvalue weighted by molar-refractivity contribution is -0.153. The normalized spacial score (nSPS) is 25.4. The molecular weight excluding hydrogens is 363 g/mol. The highest BCUT2D eigenvalue weighted by atomic mass is 19.4. The number of aliphatic carboxylic acids is 1. The van der Waals surface area contributed by atoms with Crippen LogP contribution < -0.4 is 9.47 Å². The predicted molar refractivity (Wildman–Crippen MR) is 91.8 cm³/mol. The summed E-state index contributed by atoms with van der Waals surface area (Å²) in [5, 5.41) is 9.68. The molecule has 3 rings (SSSR count). The van der Waals surface area contributed by atoms with Crippen LogP contribution in [0.1, 0.15) is 31.7 Å². The maximum Gasteiger partial charge on any atom is 0.422 e. The summed E-state index contributed by atoms with van der Waals surface area (Å²) in [6.07, 6.45) is -1.83. The van der Waals surface area contributed by atoms with E-state index in [1.165, 1.54) is 6.07 Å². The zero-order chi connectivity index (χ0) is 19.7. The van der Waals surface area contributed by atoms with E-state index in [0.717, 1.165) is 24.9 Å². The Morgan fingerprint density at radius 2 is 2.11 bits per heavy atom. The molecule has 1 saturated carbocycles. The molecule has 8 heteroatoms. The quantitative estimate of drug-likeness (QED) is 0.773. The molecule has 1 N–H and O–H groups in total. The zero-order valence-corrected chi connectivity index (χ0v) is 15.2. The minimum absolute atomic E-state index is 0.0539. The van der Waals surface area contributed by atoms with E-state index >= 15 is 0 Å². The third-order valence-electron chi connectivity index (χ3n) is 5.47. The molecule has 1 aromatic rings. The number of nitrogens with zero attached hydrogens (tertiary/aromatic N) is 1. The largest absolute Gasteiger partial charge is 0.490 e. The average molecular weight is 387 g/mol. The van der Waals surface area contributed by atoms with Crippen molar-refractivity contribution < 1.29 is 32.5 Å². The second-order valence-electron chi connectivity index (χ2n) is 7.34. The van der Waals surface area contributed by atoms with E-state index in [1.54, 1.807) is 19.1 Å². The second kappa shape index (κ2) is 7.58. The van der Waals surface area contributed by atoms with Crippen molar-refractivity contribution in [3.8, 4) is 11.5 Å². The van der Waals surface area contributed by atoms with Crippen LogP contribution >= 0.6 is 0 Å². The summed E-state index contributed by atoms with van der Waals surface area (Å²) < 4.78 is 47.5. The molecule has 1 aliphatic carbocycles. The van der Waals surface area contributed by atoms with Crippen molar-refractivity contribution in [3.05, 3.63) is 23.8 Å². The molecule has 2 fully saturated rings. The Labute approximate surface area is 156 Å². The van der Waals surface area contributed by atoms with Crippen LogP contribution in [0, 0.1) is 11.3 Å². The summed E-state index contributed by atoms with van der Waals surface area (Å²) in [5.41, 5.74) is 0.205. The number of alkyl halides is 3. The maximum atomic E-state index is 12.4. The lowest BCUT2D eigenvalue weighted by atomic mass is 9.81. The Morgan fingerprint density at radius 3 is 2.74 bits per heavy atom. The first-order chi connectivity index (χ1) is 12.7. The van der Waals surface area contributed by atoms with Crippen molar-refractivity contribution in [2.24, 2.45) is 11.3 Å². The molecule has 0 unspecified atom stereocenters. The SMILES string of the molecule is CCOc1cc(CN2C[C@@H]3CCC[C@@]3(C(=O)O)C2)ccc1OCC(F)(F)F. The van der Waals surface area contributed by atoms with Crippen molar-refractivity contribution >= 4 is 5.97 Å². The predicted octanol–water partition coefficient (Wildman–Crippen LogP) is 3.71. The molecule has 1 saturated heterocycles. The van der Waals surface area contributed by atoms with Gasteiger partial charge in [-0.3, -0.25) is 9.69 Å². The van der Waals surface area contributed by atoms with E-state index in [2.05, 4.69) is 4.90 Å². The molecule has 150 valence electrons. The number of ether oxygens (including phenoxy) is 2. The number of halogens is 3. The topological polar surface area (TPSA) is 59.0 Å². The van der Waals surface area contributed by atoms with Crippen LogP contribution in [0.2, 0.25) is 0 Å². The van der Waals surface area contributed by atoms with Crippen LogP contribution in [0.5, 0.6) is 11.5 Å². The van der Waals surface area contributed by atoms with Gasteiger partial charge in [-0.05, 0) is 43.4 Å². The fourth-order valence-electron chi connectivity index (χ4n) is 4.32. The number of carbonyl (C=O) groups is 1. The maximum absolute atomic E-state index is 12.4. The Morgan fingerprint density at radius 1 is 1.33 bits per heavy atom. The molecule has 1 aromatic carbocycles. The standard InChI is InChI=1S/C19H24F3NO4/c1-2-26-16-8-13(5-6-15(16)27-12-19(20,21)22)9-23-10-14-4-3-7-18(14,11-23)17(24)25/h5-6,8,14H,2-4,7,9-12H2,1H3,(H,24,25)/t14-,18+/m0/s1. The number of carboxylic acid groups (broad SMARTS) is 1. The third-order valence-corrected chi connectivity index (χ3v) is 5.47. The van der Waals surface area contributed by atoms with Gasteiger partial charge in [-0.15, -0.1) is 0 Å². The highest BCUT2D eigenvalue weighted by Crippen LogP contribution is 2.49. The molecular formula is C19H24F3NO4. The van der Waals surface area contributed by atoms with E-state index in [4.69, 9.17) is 9.47 Å². The van der Waals surface area contributed by atoms with Crippen LogP contribution in [0.15, 0.2) is 18.2 Å². The number of rotatable bonds is 7. The minimum atomic E-state index is -4.42. The minimum Gasteiger partial charge on any atom is -0.490 e. The number of fused-ring (bicyclic) bond motifs is 1. The number of benzene rings is 1. The fourth-order valence-corrected chi connectivity index (χ4v) is 4.32. The van der Waals surface area contributed by atoms with Crippen LogP contribution in [-0.2, 0) is 11.3 Å². The fraction of sp³-hybridized carbons (Fsp3) is 0.632. The molecule has 0 aromatic heterocycles. The number of hydrogen-bond donors (Lipinski definition) is 1. The number of carboxylic acids is 1. The van der Waals surface area contributed by atoms with Crippen LogP contribution in [0.3, 0.4) is 0 Å². The van der Waals surface area contributed by atoms with Gasteiger partial charge in [-0.1, -0.05) is 12.5 Å². The van der Waals surface area contributed by atoms with Gasteiger partial charge in [0.1, 0.15) is 0 Å². The van der Waals surface area contributed by atoms with Gasteiger partial charge in [0, 0.05) is 19.6 Å². The van der Waals surface area contributed by atoms with Gasteiger partial charge in [0.2, 0.25) is 0 Å². The average Bonchev–Trinajstić information content (AvgIpc) is 3.11. The summed E-state index contributed by atoms with van der Waals surface area (Å²) >= 11 is 0. The molecule has 1 aliphatic heterocycles. The summed E-state index contributed by atoms with van der Waals surface area (Å²) in [7, 11) is 0. The van der Waals surface area contributed by atoms with Gasteiger partial charge in [0.25, 0.3) is 0 Å². The van der Waals surface area contributed by atoms with E-state index in [1.807, 2.05) is 0 Å². The second-order valence-corrected chi connectivity index (χ2v) is 7.34. The summed E-state index contributed by atoms with van der Waals surface area (Å²) in [6, 6.07) is 4.86. The van der Waals surface area contributed by atoms with Gasteiger partial charge < -0.3 is 14.6 Å². The monoisotopic (exact) mass is 387 g/mol. The molecule has 0 amide bonds. The lowest BCUT2D eigenvalue weighted by Crippen LogP contribution is -2.35. The van der Waals surface area contributed by atoms with Gasteiger partial charge >= 0.3 is 12.1 Å². The Hall–Kier alpha value is -1.96. The lowest BCUT2D eigenvalue weighted by Gasteiger charge is -2.23. The summed E-state index contributed by atoms with van der Waals surface area (Å²) in [6.45, 7) is 2.44. The Bertz CT molecular complexity index is 694. The molecule has 1 heterocycles. The van der Waals surface area contributed by atoms with Crippen molar-refractivity contribution in [1.82, 2.24) is 4.90 Å². The summed E-state index contributed by atoms with van der Waals surface area (Å²) in [5.74, 6) is -0.237. The van der Waals surface area contributed by atoms with Crippen LogP contribution in [0.4, 0.5) is 13.2 Å². The molecule has 2 aliphatic rings. The van der Waals surface area contributed by atoms with Crippen molar-refractivity contribution in [3.63, 3.8) is 0 Å². The van der Waals surface area contributed by atoms with Gasteiger partial charge in [0.05, 0.1) is 12.0 Å². The van der Waals surface area contributed by atoms with Gasteiger partial charge in [0.15, 0.2) is 18.1 Å². The molecule has 0 radical (unpaired) electrons. The third kappa shape index (κ3) is 4.31. The van der Waals surface area contributed by atoms with Crippen molar-refractivity contribution in [1.29, 1.82) is 0 Å². The molecule has 5 nitrogen and oxygen atoms in total. The first kappa shape index (κ1) is 19.8. The van der Waals surface area contributed by atoms with E-state index in [0.29, 0.717) is 26.1 Å². The molecule has 27 heavy (non-hydrogen) atoms. The van der Waals surface area contributed by atoms with Gasteiger partial charge in [-0.25, -0.2) is 0 Å². The van der Waals surface area contributed by atoms with Crippen molar-refractivity contribution in [2.75, 3.05) is 26.3 Å². The van der Waals surface area contributed by atoms with Crippen LogP contribution in [-0.4, -0.2) is 48.5 Å². The van der Waals surface area contributed by atoms with Crippen molar-refractivity contribution in [2.45, 2.75) is 38.9 Å². The first-order valence-corrected chi connectivity index (χ1v) is 9.14. The van der Waals surface area contributed by atoms with Gasteiger partial charge in [-0.2, -0.15) is 13.2 Å². The first-order valence-electron chi connectivity index (χ1n) is 9.14. The number of hydrogen-bond acceptors (Lipinski definition) is 4. The summed E-state index contributed by atoms with van der Waals surface area (Å²) in [4.78, 5) is 13.9. The highest BCUT2D eigenvalue weighted by molar-refractivity contribution is 5.76. The molecule has 0 bridgehead atoms. The van der Waals surface area contributed by atoms with E-state index in [-0.39, 0.29) is 17.4 Å². The Balaban J connectivity index is 1.70. The molecule has 0 spiro atoms. The van der Waals surface area contributed by atoms with Crippen LogP contribution in [0.25, 0.3) is 0 Å². The Kier molecular flexibility index (Phi) is 5.55. The van der Waals surface area contributed by atoms with E-state index < -0.39 is 24.2 Å². The highest BCUT2D eigenvalue weighted by Gasteiger charge is 2.54. The molecule has 2 atom stereocenters.